The number of hydrogen-bond acceptors (Lipinski definition) is 3. The van der Waals surface area contributed by atoms with Crippen LogP contribution in [-0.2, 0) is 5.54 Å². The summed E-state index contributed by atoms with van der Waals surface area (Å²) < 4.78 is 13.9. The van der Waals surface area contributed by atoms with Crippen LogP contribution < -0.4 is 5.73 Å². The number of nitrogens with zero attached hydrogens (tertiary/aromatic N) is 1. The molecule has 17 heavy (non-hydrogen) atoms. The highest BCUT2D eigenvalue weighted by Crippen LogP contribution is 2.40. The van der Waals surface area contributed by atoms with Gasteiger partial charge in [0.25, 0.3) is 5.69 Å². The molecule has 1 aliphatic rings. The van der Waals surface area contributed by atoms with Gasteiger partial charge in [-0.2, -0.15) is 0 Å². The molecule has 1 aromatic rings. The third-order valence-electron chi connectivity index (χ3n) is 3.43. The summed E-state index contributed by atoms with van der Waals surface area (Å²) in [7, 11) is 0. The van der Waals surface area contributed by atoms with Crippen LogP contribution in [0, 0.1) is 15.9 Å². The standard InChI is InChI=1S/C12H15FN2O2/c13-9-5-4-6-10(15(16)17)11(9)12(14)7-2-1-3-8-12/h4-6H,1-3,7-8,14H2. The number of benzene rings is 1. The van der Waals surface area contributed by atoms with Crippen molar-refractivity contribution in [2.45, 2.75) is 37.6 Å². The molecule has 0 aliphatic heterocycles. The first-order valence-electron chi connectivity index (χ1n) is 5.77. The highest BCUT2D eigenvalue weighted by atomic mass is 19.1. The van der Waals surface area contributed by atoms with Gasteiger partial charge in [-0.1, -0.05) is 25.3 Å². The fourth-order valence-corrected chi connectivity index (χ4v) is 2.59. The third kappa shape index (κ3) is 2.15. The lowest BCUT2D eigenvalue weighted by Gasteiger charge is -2.33. The Morgan fingerprint density at radius 1 is 1.29 bits per heavy atom. The molecule has 0 spiro atoms. The molecule has 92 valence electrons. The van der Waals surface area contributed by atoms with Crippen LogP contribution in [0.4, 0.5) is 10.1 Å². The number of halogens is 1. The van der Waals surface area contributed by atoms with Crippen molar-refractivity contribution >= 4 is 5.69 Å². The van der Waals surface area contributed by atoms with Crippen LogP contribution >= 0.6 is 0 Å². The van der Waals surface area contributed by atoms with Crippen LogP contribution in [0.1, 0.15) is 37.7 Å². The first kappa shape index (κ1) is 12.0. The topological polar surface area (TPSA) is 69.2 Å². The fourth-order valence-electron chi connectivity index (χ4n) is 2.59. The summed E-state index contributed by atoms with van der Waals surface area (Å²) in [4.78, 5) is 10.4. The maximum Gasteiger partial charge on any atom is 0.277 e. The minimum Gasteiger partial charge on any atom is -0.321 e. The van der Waals surface area contributed by atoms with Crippen molar-refractivity contribution in [2.24, 2.45) is 5.73 Å². The number of rotatable bonds is 2. The van der Waals surface area contributed by atoms with Crippen LogP contribution in [0.5, 0.6) is 0 Å². The van der Waals surface area contributed by atoms with E-state index in [2.05, 4.69) is 0 Å². The summed E-state index contributed by atoms with van der Waals surface area (Å²) in [6.45, 7) is 0. The van der Waals surface area contributed by atoms with E-state index in [1.165, 1.54) is 18.2 Å². The van der Waals surface area contributed by atoms with E-state index in [0.717, 1.165) is 19.3 Å². The molecular formula is C12H15FN2O2. The second-order valence-corrected chi connectivity index (χ2v) is 4.61. The van der Waals surface area contributed by atoms with E-state index in [4.69, 9.17) is 5.73 Å². The number of nitrogens with two attached hydrogens (primary N) is 1. The molecular weight excluding hydrogens is 223 g/mol. The van der Waals surface area contributed by atoms with Crippen LogP contribution in [0.15, 0.2) is 18.2 Å². The summed E-state index contributed by atoms with van der Waals surface area (Å²) in [5.74, 6) is -0.566. The summed E-state index contributed by atoms with van der Waals surface area (Å²) in [5, 5.41) is 10.9. The Morgan fingerprint density at radius 2 is 1.94 bits per heavy atom. The van der Waals surface area contributed by atoms with Crippen molar-refractivity contribution in [3.05, 3.63) is 39.7 Å². The average Bonchev–Trinajstić information content (AvgIpc) is 2.29. The van der Waals surface area contributed by atoms with Crippen LogP contribution in [0.2, 0.25) is 0 Å². The van der Waals surface area contributed by atoms with E-state index in [1.807, 2.05) is 0 Å². The van der Waals surface area contributed by atoms with Crippen LogP contribution in [-0.4, -0.2) is 4.92 Å². The van der Waals surface area contributed by atoms with E-state index in [-0.39, 0.29) is 11.3 Å². The van der Waals surface area contributed by atoms with E-state index in [1.54, 1.807) is 0 Å². The van der Waals surface area contributed by atoms with Gasteiger partial charge in [0.2, 0.25) is 0 Å². The molecule has 0 heterocycles. The summed E-state index contributed by atoms with van der Waals surface area (Å²) in [6, 6.07) is 3.91. The normalized spacial score (nSPS) is 18.9. The summed E-state index contributed by atoms with van der Waals surface area (Å²) in [5.41, 5.74) is 5.17. The van der Waals surface area contributed by atoms with Gasteiger partial charge in [0.15, 0.2) is 0 Å². The zero-order chi connectivity index (χ0) is 12.5. The molecule has 0 unspecified atom stereocenters. The maximum absolute atomic E-state index is 13.9. The van der Waals surface area contributed by atoms with Crippen molar-refractivity contribution in [1.29, 1.82) is 0 Å². The molecule has 1 saturated carbocycles. The Bertz CT molecular complexity index is 442. The van der Waals surface area contributed by atoms with Gasteiger partial charge >= 0.3 is 0 Å². The van der Waals surface area contributed by atoms with Gasteiger partial charge in [0.05, 0.1) is 16.0 Å². The minimum atomic E-state index is -0.883. The molecule has 0 aromatic heterocycles. The predicted octanol–water partition coefficient (Wildman–Crippen LogP) is 2.85. The Balaban J connectivity index is 2.52. The Kier molecular flexibility index (Phi) is 3.11. The molecule has 0 bridgehead atoms. The number of nitro groups is 1. The van der Waals surface area contributed by atoms with Gasteiger partial charge in [0.1, 0.15) is 5.82 Å². The number of hydrogen-bond donors (Lipinski definition) is 1. The lowest BCUT2D eigenvalue weighted by molar-refractivity contribution is -0.386. The van der Waals surface area contributed by atoms with E-state index >= 15 is 0 Å². The zero-order valence-electron chi connectivity index (χ0n) is 9.49. The predicted molar refractivity (Wildman–Crippen MR) is 62.0 cm³/mol. The van der Waals surface area contributed by atoms with Crippen LogP contribution in [0.25, 0.3) is 0 Å². The van der Waals surface area contributed by atoms with Gasteiger partial charge in [-0.05, 0) is 18.9 Å². The highest BCUT2D eigenvalue weighted by molar-refractivity contribution is 5.45. The molecule has 0 amide bonds. The monoisotopic (exact) mass is 238 g/mol. The highest BCUT2D eigenvalue weighted by Gasteiger charge is 2.37. The van der Waals surface area contributed by atoms with Crippen molar-refractivity contribution < 1.29 is 9.31 Å². The molecule has 5 heteroatoms. The minimum absolute atomic E-state index is 0.0738. The average molecular weight is 238 g/mol. The molecule has 1 fully saturated rings. The third-order valence-corrected chi connectivity index (χ3v) is 3.43. The molecule has 1 aromatic carbocycles. The second-order valence-electron chi connectivity index (χ2n) is 4.61. The smallest absolute Gasteiger partial charge is 0.277 e. The second kappa shape index (κ2) is 4.41. The zero-order valence-corrected chi connectivity index (χ0v) is 9.49. The lowest BCUT2D eigenvalue weighted by Crippen LogP contribution is -2.40. The molecule has 0 atom stereocenters. The molecule has 2 rings (SSSR count). The van der Waals surface area contributed by atoms with Crippen molar-refractivity contribution in [2.75, 3.05) is 0 Å². The lowest BCUT2D eigenvalue weighted by atomic mass is 9.76. The summed E-state index contributed by atoms with van der Waals surface area (Å²) >= 11 is 0. The maximum atomic E-state index is 13.9. The van der Waals surface area contributed by atoms with Crippen molar-refractivity contribution in [1.82, 2.24) is 0 Å². The van der Waals surface area contributed by atoms with Gasteiger partial charge in [-0.25, -0.2) is 4.39 Å². The SMILES string of the molecule is NC1(c2c(F)cccc2[N+](=O)[O-])CCCCC1. The van der Waals surface area contributed by atoms with Gasteiger partial charge in [0, 0.05) is 6.07 Å². The fraction of sp³-hybridized carbons (Fsp3) is 0.500. The molecule has 0 radical (unpaired) electrons. The number of nitro benzene ring substituents is 1. The first-order chi connectivity index (χ1) is 8.04. The van der Waals surface area contributed by atoms with E-state index < -0.39 is 16.3 Å². The van der Waals surface area contributed by atoms with E-state index in [0.29, 0.717) is 12.8 Å². The molecule has 1 aliphatic carbocycles. The van der Waals surface area contributed by atoms with Gasteiger partial charge in [-0.3, -0.25) is 10.1 Å². The van der Waals surface area contributed by atoms with Gasteiger partial charge in [-0.15, -0.1) is 0 Å². The quantitative estimate of drug-likeness (QED) is 0.636. The van der Waals surface area contributed by atoms with Gasteiger partial charge < -0.3 is 5.73 Å². The largest absolute Gasteiger partial charge is 0.321 e. The Morgan fingerprint density at radius 3 is 2.53 bits per heavy atom. The first-order valence-corrected chi connectivity index (χ1v) is 5.77. The van der Waals surface area contributed by atoms with E-state index in [9.17, 15) is 14.5 Å². The Hall–Kier alpha value is -1.49. The Labute approximate surface area is 98.8 Å². The molecule has 0 saturated heterocycles. The van der Waals surface area contributed by atoms with Crippen molar-refractivity contribution in [3.8, 4) is 0 Å². The molecule has 2 N–H and O–H groups in total. The summed E-state index contributed by atoms with van der Waals surface area (Å²) in [6.07, 6.45) is 4.05. The van der Waals surface area contributed by atoms with Crippen molar-refractivity contribution in [3.63, 3.8) is 0 Å². The van der Waals surface area contributed by atoms with Crippen LogP contribution in [0.3, 0.4) is 0 Å². The molecule has 4 nitrogen and oxygen atoms in total.